The molecule has 0 amide bonds. The van der Waals surface area contributed by atoms with Gasteiger partial charge in [0.25, 0.3) is 0 Å². The molecule has 1 aliphatic carbocycles. The molecule has 1 aromatic heterocycles. The van der Waals surface area contributed by atoms with Gasteiger partial charge in [-0.25, -0.2) is 0 Å². The molecule has 1 heterocycles. The summed E-state index contributed by atoms with van der Waals surface area (Å²) in [5, 5.41) is 21.5. The Hall–Kier alpha value is -1.88. The Kier molecular flexibility index (Phi) is 3.92. The minimum absolute atomic E-state index is 0.255. The third kappa shape index (κ3) is 2.78. The summed E-state index contributed by atoms with van der Waals surface area (Å²) in [6.07, 6.45) is 5.62. The van der Waals surface area contributed by atoms with Crippen LogP contribution in [0.25, 0.3) is 0 Å². The van der Waals surface area contributed by atoms with Crippen molar-refractivity contribution in [2.75, 3.05) is 6.54 Å². The smallest absolute Gasteiger partial charge is 0.120 e. The molecule has 2 atom stereocenters. The van der Waals surface area contributed by atoms with Crippen LogP contribution >= 0.6 is 0 Å². The molecule has 2 unspecified atom stereocenters. The number of aromatic hydroxyl groups is 1. The van der Waals surface area contributed by atoms with Gasteiger partial charge in [-0.2, -0.15) is 0 Å². The molecule has 5 heteroatoms. The van der Waals surface area contributed by atoms with Gasteiger partial charge < -0.3 is 10.4 Å². The number of hydrogen-bond donors (Lipinski definition) is 2. The molecular formula is C16H22N4O. The largest absolute Gasteiger partial charge is 0.508 e. The number of aryl methyl sites for hydroxylation is 2. The van der Waals surface area contributed by atoms with E-state index in [0.717, 1.165) is 31.5 Å². The van der Waals surface area contributed by atoms with E-state index in [0.29, 0.717) is 11.7 Å². The summed E-state index contributed by atoms with van der Waals surface area (Å²) < 4.78 is 1.84. The van der Waals surface area contributed by atoms with E-state index in [1.165, 1.54) is 11.1 Å². The van der Waals surface area contributed by atoms with Crippen molar-refractivity contribution in [3.8, 4) is 5.75 Å². The molecule has 0 spiro atoms. The van der Waals surface area contributed by atoms with Crippen molar-refractivity contribution >= 4 is 0 Å². The maximum absolute atomic E-state index is 10.2. The Labute approximate surface area is 125 Å². The van der Waals surface area contributed by atoms with Crippen LogP contribution in [0, 0.1) is 6.92 Å². The molecule has 0 fully saturated rings. The molecule has 0 saturated carbocycles. The zero-order valence-electron chi connectivity index (χ0n) is 12.6. The minimum atomic E-state index is 0.255. The first kappa shape index (κ1) is 14.1. The monoisotopic (exact) mass is 286 g/mol. The van der Waals surface area contributed by atoms with Crippen molar-refractivity contribution in [3.05, 3.63) is 41.2 Å². The molecule has 0 aliphatic heterocycles. The minimum Gasteiger partial charge on any atom is -0.508 e. The number of phenolic OH excluding ortho intramolecular Hbond substituents is 1. The third-order valence-electron chi connectivity index (χ3n) is 4.34. The summed E-state index contributed by atoms with van der Waals surface area (Å²) in [5.41, 5.74) is 3.70. The van der Waals surface area contributed by atoms with Crippen LogP contribution in [0.2, 0.25) is 0 Å². The third-order valence-corrected chi connectivity index (χ3v) is 4.34. The van der Waals surface area contributed by atoms with Crippen LogP contribution in [0.15, 0.2) is 24.5 Å². The van der Waals surface area contributed by atoms with Gasteiger partial charge in [-0.1, -0.05) is 18.2 Å². The number of phenols is 1. The first-order chi connectivity index (χ1) is 10.2. The van der Waals surface area contributed by atoms with E-state index in [-0.39, 0.29) is 6.04 Å². The number of fused-ring (bicyclic) bond motifs is 1. The lowest BCUT2D eigenvalue weighted by Crippen LogP contribution is -2.22. The molecule has 3 rings (SSSR count). The standard InChI is InChI=1S/C16H22N4O/c1-11-4-5-14(21)16-13(10-12(2)15(11)16)17-6-3-8-20-9-7-18-19-20/h4-5,7,9,12-13,17,21H,3,6,8,10H2,1-2H3. The van der Waals surface area contributed by atoms with Gasteiger partial charge in [0.15, 0.2) is 0 Å². The van der Waals surface area contributed by atoms with Gasteiger partial charge in [0.1, 0.15) is 5.75 Å². The number of rotatable bonds is 5. The van der Waals surface area contributed by atoms with E-state index in [2.05, 4.69) is 29.5 Å². The number of benzene rings is 1. The first-order valence-electron chi connectivity index (χ1n) is 7.56. The van der Waals surface area contributed by atoms with Crippen molar-refractivity contribution in [3.63, 3.8) is 0 Å². The SMILES string of the molecule is Cc1ccc(O)c2c1C(C)CC2NCCCn1ccnn1. The van der Waals surface area contributed by atoms with Gasteiger partial charge in [-0.15, -0.1) is 5.10 Å². The Morgan fingerprint density at radius 3 is 3.00 bits per heavy atom. The van der Waals surface area contributed by atoms with Crippen molar-refractivity contribution in [2.45, 2.75) is 45.2 Å². The maximum atomic E-state index is 10.2. The number of nitrogens with one attached hydrogen (secondary N) is 1. The van der Waals surface area contributed by atoms with Gasteiger partial charge in [0, 0.05) is 24.3 Å². The average molecular weight is 286 g/mol. The maximum Gasteiger partial charge on any atom is 0.120 e. The molecule has 0 radical (unpaired) electrons. The fraction of sp³-hybridized carbons (Fsp3) is 0.500. The summed E-state index contributed by atoms with van der Waals surface area (Å²) in [6.45, 7) is 6.14. The summed E-state index contributed by atoms with van der Waals surface area (Å²) >= 11 is 0. The fourth-order valence-electron chi connectivity index (χ4n) is 3.40. The molecule has 2 N–H and O–H groups in total. The Bertz CT molecular complexity index is 609. The van der Waals surface area contributed by atoms with Gasteiger partial charge in [-0.05, 0) is 49.4 Å². The normalized spacial score (nSPS) is 20.7. The number of nitrogens with zero attached hydrogens (tertiary/aromatic N) is 3. The quantitative estimate of drug-likeness (QED) is 0.829. The highest BCUT2D eigenvalue weighted by Gasteiger charge is 2.31. The van der Waals surface area contributed by atoms with E-state index in [1.807, 2.05) is 23.0 Å². The van der Waals surface area contributed by atoms with Gasteiger partial charge in [-0.3, -0.25) is 4.68 Å². The number of aromatic nitrogens is 3. The van der Waals surface area contributed by atoms with Gasteiger partial charge >= 0.3 is 0 Å². The highest BCUT2D eigenvalue weighted by Crippen LogP contribution is 2.45. The Morgan fingerprint density at radius 1 is 1.38 bits per heavy atom. The zero-order chi connectivity index (χ0) is 14.8. The second-order valence-electron chi connectivity index (χ2n) is 5.89. The second kappa shape index (κ2) is 5.85. The number of hydrogen-bond acceptors (Lipinski definition) is 4. The summed E-state index contributed by atoms with van der Waals surface area (Å²) in [6, 6.07) is 4.08. The Balaban J connectivity index is 1.62. The van der Waals surface area contributed by atoms with Crippen LogP contribution < -0.4 is 5.32 Å². The molecule has 5 nitrogen and oxygen atoms in total. The molecule has 0 bridgehead atoms. The molecule has 112 valence electrons. The van der Waals surface area contributed by atoms with E-state index in [9.17, 15) is 5.11 Å². The lowest BCUT2D eigenvalue weighted by atomic mass is 9.97. The highest BCUT2D eigenvalue weighted by atomic mass is 16.3. The van der Waals surface area contributed by atoms with E-state index >= 15 is 0 Å². The fourth-order valence-corrected chi connectivity index (χ4v) is 3.40. The average Bonchev–Trinajstić information content (AvgIpc) is 3.08. The van der Waals surface area contributed by atoms with Crippen molar-refractivity contribution < 1.29 is 5.11 Å². The van der Waals surface area contributed by atoms with E-state index < -0.39 is 0 Å². The molecular weight excluding hydrogens is 264 g/mol. The lowest BCUT2D eigenvalue weighted by molar-refractivity contribution is 0.436. The van der Waals surface area contributed by atoms with E-state index in [1.54, 1.807) is 6.20 Å². The molecule has 21 heavy (non-hydrogen) atoms. The molecule has 0 saturated heterocycles. The molecule has 2 aromatic rings. The summed E-state index contributed by atoms with van der Waals surface area (Å²) in [5.74, 6) is 0.925. The lowest BCUT2D eigenvalue weighted by Gasteiger charge is -2.15. The van der Waals surface area contributed by atoms with Gasteiger partial charge in [0.2, 0.25) is 0 Å². The summed E-state index contributed by atoms with van der Waals surface area (Å²) in [4.78, 5) is 0. The predicted molar refractivity (Wildman–Crippen MR) is 81.3 cm³/mol. The molecule has 1 aliphatic rings. The summed E-state index contributed by atoms with van der Waals surface area (Å²) in [7, 11) is 0. The second-order valence-corrected chi connectivity index (χ2v) is 5.89. The first-order valence-corrected chi connectivity index (χ1v) is 7.56. The van der Waals surface area contributed by atoms with Crippen LogP contribution in [0.5, 0.6) is 5.75 Å². The van der Waals surface area contributed by atoms with Crippen molar-refractivity contribution in [1.82, 2.24) is 20.3 Å². The van der Waals surface area contributed by atoms with Crippen LogP contribution in [0.4, 0.5) is 0 Å². The van der Waals surface area contributed by atoms with Gasteiger partial charge in [0.05, 0.1) is 6.20 Å². The van der Waals surface area contributed by atoms with Crippen LogP contribution in [0.3, 0.4) is 0 Å². The zero-order valence-corrected chi connectivity index (χ0v) is 12.6. The van der Waals surface area contributed by atoms with Crippen LogP contribution in [-0.2, 0) is 6.54 Å². The van der Waals surface area contributed by atoms with Crippen LogP contribution in [-0.4, -0.2) is 26.6 Å². The Morgan fingerprint density at radius 2 is 2.24 bits per heavy atom. The predicted octanol–water partition coefficient (Wildman–Crippen LogP) is 2.52. The van der Waals surface area contributed by atoms with Crippen molar-refractivity contribution in [1.29, 1.82) is 0 Å². The van der Waals surface area contributed by atoms with Crippen molar-refractivity contribution in [2.24, 2.45) is 0 Å². The topological polar surface area (TPSA) is 63.0 Å². The van der Waals surface area contributed by atoms with E-state index in [4.69, 9.17) is 0 Å². The van der Waals surface area contributed by atoms with Crippen LogP contribution in [0.1, 0.15) is 48.4 Å². The highest BCUT2D eigenvalue weighted by molar-refractivity contribution is 5.50. The molecule has 1 aromatic carbocycles.